The van der Waals surface area contributed by atoms with Crippen LogP contribution in [0.2, 0.25) is 0 Å². The Morgan fingerprint density at radius 2 is 0.500 bits per heavy atom. The molecule has 0 aromatic carbocycles. The number of halogens is 12. The van der Waals surface area contributed by atoms with Crippen molar-refractivity contribution in [2.75, 3.05) is 0 Å². The number of aliphatic hydroxyl groups is 2. The average Bonchev–Trinajstić information content (AvgIpc) is 2.10. The summed E-state index contributed by atoms with van der Waals surface area (Å²) in [6, 6.07) is 0. The van der Waals surface area contributed by atoms with E-state index in [1.165, 1.54) is 0 Å². The van der Waals surface area contributed by atoms with Crippen molar-refractivity contribution in [1.29, 1.82) is 0 Å². The van der Waals surface area contributed by atoms with Gasteiger partial charge in [0.05, 0.1) is 0 Å². The maximum atomic E-state index is 11.0. The van der Waals surface area contributed by atoms with Gasteiger partial charge in [-0.3, -0.25) is 0 Å². The molecule has 0 rings (SSSR count). The van der Waals surface area contributed by atoms with Gasteiger partial charge in [-0.1, -0.05) is 0 Å². The summed E-state index contributed by atoms with van der Waals surface area (Å²) in [5.41, 5.74) is 0. The van der Waals surface area contributed by atoms with E-state index in [4.69, 9.17) is 10.2 Å². The molecule has 0 bridgehead atoms. The third-order valence-corrected chi connectivity index (χ3v) is 1.24. The van der Waals surface area contributed by atoms with Gasteiger partial charge in [0.15, 0.2) is 0 Å². The van der Waals surface area contributed by atoms with Crippen molar-refractivity contribution in [3.8, 4) is 0 Å². The summed E-state index contributed by atoms with van der Waals surface area (Å²) in [5, 5.41) is 14.9. The SMILES string of the molecule is OC(C(F)(F)F)C(F)(F)F.OC(C(F)(F)F)C(F)(F)F. The van der Waals surface area contributed by atoms with E-state index in [1.807, 2.05) is 0 Å². The van der Waals surface area contributed by atoms with Crippen LogP contribution >= 0.6 is 0 Å². The van der Waals surface area contributed by atoms with Gasteiger partial charge in [0.1, 0.15) is 0 Å². The van der Waals surface area contributed by atoms with Crippen LogP contribution in [0, 0.1) is 0 Å². The van der Waals surface area contributed by atoms with Crippen LogP contribution in [0.5, 0.6) is 0 Å². The lowest BCUT2D eigenvalue weighted by atomic mass is 10.3. The average molecular weight is 336 g/mol. The molecule has 124 valence electrons. The highest BCUT2D eigenvalue weighted by Gasteiger charge is 2.56. The van der Waals surface area contributed by atoms with E-state index in [9.17, 15) is 52.7 Å². The standard InChI is InChI=1S/2C3H2F6O/c2*4-2(5,6)1(10)3(7,8)9/h2*1,10H. The van der Waals surface area contributed by atoms with Crippen LogP contribution in [0.1, 0.15) is 0 Å². The van der Waals surface area contributed by atoms with Gasteiger partial charge in [0.25, 0.3) is 0 Å². The molecule has 0 fully saturated rings. The number of alkyl halides is 12. The molecule has 0 aliphatic rings. The van der Waals surface area contributed by atoms with Crippen LogP contribution in [0.25, 0.3) is 0 Å². The molecule has 2 nitrogen and oxygen atoms in total. The molecule has 0 atom stereocenters. The normalized spacial score (nSPS) is 14.4. The smallest absolute Gasteiger partial charge is 0.377 e. The molecule has 0 radical (unpaired) electrons. The van der Waals surface area contributed by atoms with Crippen LogP contribution in [-0.2, 0) is 0 Å². The lowest BCUT2D eigenvalue weighted by Gasteiger charge is -2.16. The lowest BCUT2D eigenvalue weighted by Crippen LogP contribution is -2.41. The third kappa shape index (κ3) is 8.29. The predicted octanol–water partition coefficient (Wildman–Crippen LogP) is 2.94. The summed E-state index contributed by atoms with van der Waals surface area (Å²) >= 11 is 0. The van der Waals surface area contributed by atoms with Crippen molar-refractivity contribution in [1.82, 2.24) is 0 Å². The van der Waals surface area contributed by atoms with E-state index in [0.29, 0.717) is 0 Å². The highest BCUT2D eigenvalue weighted by atomic mass is 19.4. The Hall–Kier alpha value is -0.920. The van der Waals surface area contributed by atoms with Crippen molar-refractivity contribution in [2.45, 2.75) is 36.9 Å². The number of aliphatic hydroxyl groups excluding tert-OH is 2. The summed E-state index contributed by atoms with van der Waals surface area (Å²) in [5.74, 6) is 0. The zero-order chi connectivity index (χ0) is 17.2. The van der Waals surface area contributed by atoms with Crippen LogP contribution in [-0.4, -0.2) is 47.1 Å². The fraction of sp³-hybridized carbons (Fsp3) is 1.00. The van der Waals surface area contributed by atoms with Crippen LogP contribution in [0.4, 0.5) is 52.7 Å². The first-order valence-electron chi connectivity index (χ1n) is 3.94. The van der Waals surface area contributed by atoms with E-state index < -0.39 is 36.9 Å². The molecule has 0 aliphatic carbocycles. The van der Waals surface area contributed by atoms with E-state index in [0.717, 1.165) is 0 Å². The molecule has 14 heteroatoms. The van der Waals surface area contributed by atoms with E-state index in [1.54, 1.807) is 0 Å². The molecule has 0 heterocycles. The van der Waals surface area contributed by atoms with Crippen LogP contribution in [0.3, 0.4) is 0 Å². The lowest BCUT2D eigenvalue weighted by molar-refractivity contribution is -0.309. The molecular formula is C6H4F12O2. The van der Waals surface area contributed by atoms with Crippen molar-refractivity contribution in [3.05, 3.63) is 0 Å². The summed E-state index contributed by atoms with van der Waals surface area (Å²) in [7, 11) is 0. The molecule has 20 heavy (non-hydrogen) atoms. The zero-order valence-electron chi connectivity index (χ0n) is 8.58. The fourth-order valence-corrected chi connectivity index (χ4v) is 0.371. The summed E-state index contributed by atoms with van der Waals surface area (Å²) in [4.78, 5) is 0. The number of hydrogen-bond donors (Lipinski definition) is 2. The molecular weight excluding hydrogens is 332 g/mol. The minimum Gasteiger partial charge on any atom is -0.377 e. The number of hydrogen-bond acceptors (Lipinski definition) is 2. The first kappa shape index (κ1) is 21.4. The summed E-state index contributed by atoms with van der Waals surface area (Å²) in [6.07, 6.45) is -31.0. The van der Waals surface area contributed by atoms with Crippen molar-refractivity contribution in [2.24, 2.45) is 0 Å². The quantitative estimate of drug-likeness (QED) is 0.668. The molecule has 0 aromatic rings. The third-order valence-electron chi connectivity index (χ3n) is 1.24. The summed E-state index contributed by atoms with van der Waals surface area (Å²) in [6.45, 7) is 0. The minimum absolute atomic E-state index is 4.24. The van der Waals surface area contributed by atoms with Gasteiger partial charge in [-0.05, 0) is 0 Å². The Morgan fingerprint density at radius 1 is 0.400 bits per heavy atom. The summed E-state index contributed by atoms with van der Waals surface area (Å²) < 4.78 is 132. The molecule has 0 aromatic heterocycles. The molecule has 0 spiro atoms. The Balaban J connectivity index is 0. The Labute approximate surface area is 101 Å². The minimum atomic E-state index is -5.63. The second-order valence-corrected chi connectivity index (χ2v) is 2.97. The van der Waals surface area contributed by atoms with Gasteiger partial charge in [0, 0.05) is 0 Å². The van der Waals surface area contributed by atoms with Crippen molar-refractivity contribution in [3.63, 3.8) is 0 Å². The molecule has 0 unspecified atom stereocenters. The molecule has 0 amide bonds. The second-order valence-electron chi connectivity index (χ2n) is 2.97. The highest BCUT2D eigenvalue weighted by molar-refractivity contribution is 4.73. The zero-order valence-corrected chi connectivity index (χ0v) is 8.58. The van der Waals surface area contributed by atoms with Gasteiger partial charge in [0.2, 0.25) is 12.2 Å². The van der Waals surface area contributed by atoms with E-state index >= 15 is 0 Å². The maximum absolute atomic E-state index is 11.0. The van der Waals surface area contributed by atoms with Gasteiger partial charge in [-0.25, -0.2) is 0 Å². The Kier molecular flexibility index (Phi) is 6.67. The van der Waals surface area contributed by atoms with Crippen molar-refractivity contribution >= 4 is 0 Å². The van der Waals surface area contributed by atoms with Gasteiger partial charge in [-0.15, -0.1) is 0 Å². The first-order chi connectivity index (χ1) is 8.31. The largest absolute Gasteiger partial charge is 0.423 e. The maximum Gasteiger partial charge on any atom is 0.423 e. The molecule has 0 aliphatic heterocycles. The first-order valence-corrected chi connectivity index (χ1v) is 3.94. The highest BCUT2D eigenvalue weighted by Crippen LogP contribution is 2.33. The van der Waals surface area contributed by atoms with Gasteiger partial charge < -0.3 is 10.2 Å². The van der Waals surface area contributed by atoms with Crippen molar-refractivity contribution < 1.29 is 62.9 Å². The second kappa shape index (κ2) is 6.24. The van der Waals surface area contributed by atoms with Crippen LogP contribution < -0.4 is 0 Å². The molecule has 0 saturated heterocycles. The van der Waals surface area contributed by atoms with E-state index in [-0.39, 0.29) is 0 Å². The van der Waals surface area contributed by atoms with Gasteiger partial charge in [-0.2, -0.15) is 52.7 Å². The monoisotopic (exact) mass is 336 g/mol. The number of rotatable bonds is 0. The Bertz CT molecular complexity index is 224. The molecule has 0 saturated carbocycles. The van der Waals surface area contributed by atoms with Crippen LogP contribution in [0.15, 0.2) is 0 Å². The fourth-order valence-electron chi connectivity index (χ4n) is 0.371. The van der Waals surface area contributed by atoms with Gasteiger partial charge >= 0.3 is 24.7 Å². The topological polar surface area (TPSA) is 40.5 Å². The molecule has 2 N–H and O–H groups in total. The van der Waals surface area contributed by atoms with E-state index in [2.05, 4.69) is 0 Å². The Morgan fingerprint density at radius 3 is 0.500 bits per heavy atom. The predicted molar refractivity (Wildman–Crippen MR) is 36.2 cm³/mol.